The number of amides is 2. The van der Waals surface area contributed by atoms with E-state index in [-0.39, 0.29) is 6.54 Å². The Bertz CT molecular complexity index is 592. The molecule has 8 nitrogen and oxygen atoms in total. The maximum Gasteiger partial charge on any atom is 0.329 e. The summed E-state index contributed by atoms with van der Waals surface area (Å²) in [7, 11) is 4.44. The van der Waals surface area contributed by atoms with Gasteiger partial charge < -0.3 is 19.5 Å². The lowest BCUT2D eigenvalue weighted by Crippen LogP contribution is -2.39. The number of carbonyl (C=O) groups is 2. The van der Waals surface area contributed by atoms with E-state index >= 15 is 0 Å². The summed E-state index contributed by atoms with van der Waals surface area (Å²) in [5.74, 6) is -0.869. The minimum atomic E-state index is -0.885. The zero-order valence-electron chi connectivity index (χ0n) is 13.0. The summed E-state index contributed by atoms with van der Waals surface area (Å²) in [5.41, 5.74) is 2.67. The maximum atomic E-state index is 11.5. The van der Waals surface area contributed by atoms with Crippen molar-refractivity contribution in [3.05, 3.63) is 22.7 Å². The quantitative estimate of drug-likeness (QED) is 0.326. The third kappa shape index (κ3) is 5.76. The van der Waals surface area contributed by atoms with Crippen molar-refractivity contribution in [1.29, 1.82) is 0 Å². The van der Waals surface area contributed by atoms with Crippen LogP contribution >= 0.6 is 11.6 Å². The molecule has 0 saturated carbocycles. The summed E-state index contributed by atoms with van der Waals surface area (Å²) in [6.45, 7) is 0.546. The second kappa shape index (κ2) is 9.65. The van der Waals surface area contributed by atoms with Gasteiger partial charge in [-0.3, -0.25) is 9.59 Å². The molecule has 0 saturated heterocycles. The van der Waals surface area contributed by atoms with Crippen LogP contribution in [0.4, 0.5) is 0 Å². The second-order valence-corrected chi connectivity index (χ2v) is 4.59. The molecule has 2 N–H and O–H groups in total. The number of hydrogen-bond acceptors (Lipinski definition) is 6. The monoisotopic (exact) mass is 343 g/mol. The number of halogens is 1. The number of nitrogens with one attached hydrogen (secondary N) is 2. The summed E-state index contributed by atoms with van der Waals surface area (Å²) in [6.07, 6.45) is 1.33. The molecule has 0 aromatic heterocycles. The summed E-state index contributed by atoms with van der Waals surface area (Å²) < 4.78 is 15.0. The van der Waals surface area contributed by atoms with Crippen LogP contribution in [0.25, 0.3) is 0 Å². The van der Waals surface area contributed by atoms with Gasteiger partial charge in [0.1, 0.15) is 0 Å². The highest BCUT2D eigenvalue weighted by Crippen LogP contribution is 2.35. The molecule has 0 atom stereocenters. The molecule has 0 aliphatic carbocycles. The van der Waals surface area contributed by atoms with Crippen LogP contribution in [-0.4, -0.2) is 52.5 Å². The van der Waals surface area contributed by atoms with Crippen molar-refractivity contribution in [2.24, 2.45) is 5.10 Å². The molecular formula is C14H18ClN3O5. The Balaban J connectivity index is 2.66. The minimum absolute atomic E-state index is 0.234. The van der Waals surface area contributed by atoms with Gasteiger partial charge in [-0.25, -0.2) is 5.43 Å². The van der Waals surface area contributed by atoms with E-state index in [9.17, 15) is 9.59 Å². The van der Waals surface area contributed by atoms with Crippen molar-refractivity contribution in [2.75, 3.05) is 34.5 Å². The molecule has 0 bridgehead atoms. The van der Waals surface area contributed by atoms with Gasteiger partial charge in [-0.2, -0.15) is 5.10 Å². The van der Waals surface area contributed by atoms with Gasteiger partial charge in [0.2, 0.25) is 0 Å². The number of hydrazone groups is 1. The van der Waals surface area contributed by atoms with Crippen LogP contribution in [0.15, 0.2) is 17.2 Å². The van der Waals surface area contributed by atoms with Gasteiger partial charge in [-0.1, -0.05) is 11.6 Å². The summed E-state index contributed by atoms with van der Waals surface area (Å²) >= 11 is 6.05. The van der Waals surface area contributed by atoms with E-state index in [0.717, 1.165) is 0 Å². The number of ether oxygens (including phenoxy) is 3. The Morgan fingerprint density at radius 1 is 1.22 bits per heavy atom. The van der Waals surface area contributed by atoms with Crippen molar-refractivity contribution in [3.63, 3.8) is 0 Å². The molecular weight excluding hydrogens is 326 g/mol. The molecule has 0 radical (unpaired) electrons. The SMILES string of the molecule is COCCNC(=O)C(=O)N/N=C\c1cc(Cl)c(OC)c(OC)c1. The third-order valence-electron chi connectivity index (χ3n) is 2.63. The number of carbonyl (C=O) groups excluding carboxylic acids is 2. The van der Waals surface area contributed by atoms with Crippen molar-refractivity contribution in [3.8, 4) is 11.5 Å². The van der Waals surface area contributed by atoms with E-state index in [1.54, 1.807) is 12.1 Å². The van der Waals surface area contributed by atoms with Gasteiger partial charge in [0.05, 0.1) is 32.1 Å². The number of rotatable bonds is 7. The molecule has 0 unspecified atom stereocenters. The molecule has 9 heteroatoms. The van der Waals surface area contributed by atoms with E-state index in [1.165, 1.54) is 27.5 Å². The van der Waals surface area contributed by atoms with Crippen molar-refractivity contribution < 1.29 is 23.8 Å². The van der Waals surface area contributed by atoms with E-state index in [4.69, 9.17) is 25.8 Å². The summed E-state index contributed by atoms with van der Waals surface area (Å²) in [6, 6.07) is 3.20. The number of hydrogen-bond donors (Lipinski definition) is 2. The minimum Gasteiger partial charge on any atom is -0.493 e. The van der Waals surface area contributed by atoms with E-state index in [2.05, 4.69) is 15.8 Å². The normalized spacial score (nSPS) is 10.4. The molecule has 1 aromatic rings. The zero-order chi connectivity index (χ0) is 17.2. The third-order valence-corrected chi connectivity index (χ3v) is 2.91. The van der Waals surface area contributed by atoms with Gasteiger partial charge in [0.15, 0.2) is 11.5 Å². The first-order valence-corrected chi connectivity index (χ1v) is 6.93. The van der Waals surface area contributed by atoms with Crippen LogP contribution in [0, 0.1) is 0 Å². The van der Waals surface area contributed by atoms with Crippen LogP contribution in [0.3, 0.4) is 0 Å². The molecule has 126 valence electrons. The van der Waals surface area contributed by atoms with Crippen molar-refractivity contribution >= 4 is 29.6 Å². The molecule has 0 aliphatic rings. The molecule has 0 heterocycles. The van der Waals surface area contributed by atoms with E-state index in [0.29, 0.717) is 28.7 Å². The lowest BCUT2D eigenvalue weighted by Gasteiger charge is -2.09. The first-order chi connectivity index (χ1) is 11.0. The first kappa shape index (κ1) is 18.7. The zero-order valence-corrected chi connectivity index (χ0v) is 13.8. The Morgan fingerprint density at radius 3 is 2.57 bits per heavy atom. The number of nitrogens with zero attached hydrogens (tertiary/aromatic N) is 1. The average Bonchev–Trinajstić information content (AvgIpc) is 2.54. The maximum absolute atomic E-state index is 11.5. The van der Waals surface area contributed by atoms with Crippen LogP contribution < -0.4 is 20.2 Å². The Labute approximate surface area is 138 Å². The van der Waals surface area contributed by atoms with Crippen LogP contribution in [0.5, 0.6) is 11.5 Å². The van der Waals surface area contributed by atoms with Gasteiger partial charge in [0, 0.05) is 13.7 Å². The highest BCUT2D eigenvalue weighted by Gasteiger charge is 2.12. The van der Waals surface area contributed by atoms with Crippen molar-refractivity contribution in [2.45, 2.75) is 0 Å². The highest BCUT2D eigenvalue weighted by molar-refractivity contribution is 6.35. The Morgan fingerprint density at radius 2 is 1.96 bits per heavy atom. The van der Waals surface area contributed by atoms with Crippen LogP contribution in [0.1, 0.15) is 5.56 Å². The van der Waals surface area contributed by atoms with Gasteiger partial charge in [-0.05, 0) is 17.7 Å². The van der Waals surface area contributed by atoms with Crippen LogP contribution in [-0.2, 0) is 14.3 Å². The van der Waals surface area contributed by atoms with Gasteiger partial charge in [0.25, 0.3) is 0 Å². The molecule has 0 aliphatic heterocycles. The summed E-state index contributed by atoms with van der Waals surface area (Å²) in [4.78, 5) is 22.9. The Hall–Kier alpha value is -2.32. The fourth-order valence-corrected chi connectivity index (χ4v) is 1.87. The second-order valence-electron chi connectivity index (χ2n) is 4.19. The smallest absolute Gasteiger partial charge is 0.329 e. The predicted octanol–water partition coefficient (Wildman–Crippen LogP) is 0.570. The highest BCUT2D eigenvalue weighted by atomic mass is 35.5. The standard InChI is InChI=1S/C14H18ClN3O5/c1-21-5-4-16-13(19)14(20)18-17-8-9-6-10(15)12(23-3)11(7-9)22-2/h6-8H,4-5H2,1-3H3,(H,16,19)(H,18,20)/b17-8-. The first-order valence-electron chi connectivity index (χ1n) is 6.55. The van der Waals surface area contributed by atoms with Gasteiger partial charge in [-0.15, -0.1) is 0 Å². The lowest BCUT2D eigenvalue weighted by molar-refractivity contribution is -0.139. The summed E-state index contributed by atoms with van der Waals surface area (Å²) in [5, 5.41) is 6.39. The molecule has 1 rings (SSSR count). The molecule has 0 spiro atoms. The largest absolute Gasteiger partial charge is 0.493 e. The average molecular weight is 344 g/mol. The number of benzene rings is 1. The van der Waals surface area contributed by atoms with Gasteiger partial charge >= 0.3 is 11.8 Å². The van der Waals surface area contributed by atoms with Crippen molar-refractivity contribution in [1.82, 2.24) is 10.7 Å². The molecule has 23 heavy (non-hydrogen) atoms. The predicted molar refractivity (Wildman–Crippen MR) is 85.2 cm³/mol. The lowest BCUT2D eigenvalue weighted by atomic mass is 10.2. The topological polar surface area (TPSA) is 98.2 Å². The molecule has 1 aromatic carbocycles. The fraction of sp³-hybridized carbons (Fsp3) is 0.357. The number of methoxy groups -OCH3 is 3. The van der Waals surface area contributed by atoms with E-state index < -0.39 is 11.8 Å². The Kier molecular flexibility index (Phi) is 7.86. The van der Waals surface area contributed by atoms with Crippen LogP contribution in [0.2, 0.25) is 5.02 Å². The fourth-order valence-electron chi connectivity index (χ4n) is 1.58. The van der Waals surface area contributed by atoms with E-state index in [1.807, 2.05) is 0 Å². The molecule has 2 amide bonds. The molecule has 0 fully saturated rings.